The summed E-state index contributed by atoms with van der Waals surface area (Å²) in [6.07, 6.45) is 1.17. The lowest BCUT2D eigenvalue weighted by molar-refractivity contribution is -0.136. The van der Waals surface area contributed by atoms with Crippen LogP contribution < -0.4 is 5.32 Å². The zero-order valence-corrected chi connectivity index (χ0v) is 15.7. The summed E-state index contributed by atoms with van der Waals surface area (Å²) in [5.41, 5.74) is 0.839. The predicted molar refractivity (Wildman–Crippen MR) is 101 cm³/mol. The van der Waals surface area contributed by atoms with Gasteiger partial charge in [-0.1, -0.05) is 12.1 Å². The van der Waals surface area contributed by atoms with Crippen molar-refractivity contribution in [3.05, 3.63) is 51.6 Å². The summed E-state index contributed by atoms with van der Waals surface area (Å²) in [7, 11) is 0. The molecule has 2 heterocycles. The number of thioether (sulfide) groups is 1. The molecule has 0 aliphatic carbocycles. The zero-order valence-electron chi connectivity index (χ0n) is 14.0. The van der Waals surface area contributed by atoms with E-state index in [1.54, 1.807) is 0 Å². The van der Waals surface area contributed by atoms with E-state index in [1.165, 1.54) is 35.7 Å². The van der Waals surface area contributed by atoms with Crippen LogP contribution >= 0.6 is 23.1 Å². The normalized spacial score (nSPS) is 15.3. The number of rotatable bonds is 6. The van der Waals surface area contributed by atoms with Crippen LogP contribution in [0.5, 0.6) is 0 Å². The highest BCUT2D eigenvalue weighted by molar-refractivity contribution is 8.18. The van der Waals surface area contributed by atoms with Crippen LogP contribution in [0, 0.1) is 5.82 Å². The summed E-state index contributed by atoms with van der Waals surface area (Å²) < 4.78 is 13.0. The molecule has 0 spiro atoms. The van der Waals surface area contributed by atoms with E-state index in [9.17, 15) is 23.6 Å². The molecule has 0 saturated carbocycles. The second-order valence-corrected chi connectivity index (χ2v) is 7.43. The second kappa shape index (κ2) is 8.31. The quantitative estimate of drug-likeness (QED) is 0.689. The summed E-state index contributed by atoms with van der Waals surface area (Å²) >= 11 is 1.73. The van der Waals surface area contributed by atoms with Crippen LogP contribution in [0.2, 0.25) is 0 Å². The minimum Gasteiger partial charge on any atom is -0.481 e. The van der Waals surface area contributed by atoms with Crippen LogP contribution in [0.25, 0.3) is 6.08 Å². The smallest absolute Gasteiger partial charge is 0.309 e. The Labute approximate surface area is 166 Å². The lowest BCUT2D eigenvalue weighted by Gasteiger charge is -2.11. The molecular weight excluding hydrogens is 409 g/mol. The molecular formula is C17H12FN3O5S2. The van der Waals surface area contributed by atoms with Gasteiger partial charge in [-0.3, -0.25) is 24.1 Å². The van der Waals surface area contributed by atoms with Crippen molar-refractivity contribution in [2.75, 3.05) is 11.9 Å². The Bertz CT molecular complexity index is 987. The van der Waals surface area contributed by atoms with Crippen LogP contribution in [-0.2, 0) is 20.8 Å². The molecule has 3 rings (SSSR count). The van der Waals surface area contributed by atoms with Crippen molar-refractivity contribution in [3.8, 4) is 0 Å². The fraction of sp³-hybridized carbons (Fsp3) is 0.118. The van der Waals surface area contributed by atoms with Crippen LogP contribution in [0.15, 0.2) is 34.6 Å². The van der Waals surface area contributed by atoms with E-state index in [4.69, 9.17) is 5.11 Å². The molecule has 2 aromatic rings. The zero-order chi connectivity index (χ0) is 20.3. The van der Waals surface area contributed by atoms with Gasteiger partial charge in [-0.2, -0.15) is 0 Å². The fourth-order valence-electron chi connectivity index (χ4n) is 2.25. The number of aromatic nitrogens is 1. The Morgan fingerprint density at radius 1 is 1.25 bits per heavy atom. The molecule has 3 amide bonds. The molecule has 1 aliphatic heterocycles. The molecule has 0 atom stereocenters. The number of halogens is 1. The number of carboxylic acid groups (broad SMARTS) is 1. The van der Waals surface area contributed by atoms with Crippen molar-refractivity contribution >= 4 is 57.3 Å². The van der Waals surface area contributed by atoms with Gasteiger partial charge in [-0.05, 0) is 35.5 Å². The number of hydrogen-bond acceptors (Lipinski definition) is 7. The number of carbonyl (C=O) groups excluding carboxylic acids is 3. The minimum absolute atomic E-state index is 0.127. The first-order valence-corrected chi connectivity index (χ1v) is 9.48. The highest BCUT2D eigenvalue weighted by Crippen LogP contribution is 2.32. The molecule has 1 aromatic carbocycles. The van der Waals surface area contributed by atoms with Crippen molar-refractivity contribution in [2.24, 2.45) is 0 Å². The molecule has 0 bridgehead atoms. The maximum absolute atomic E-state index is 13.0. The molecule has 0 unspecified atom stereocenters. The van der Waals surface area contributed by atoms with Crippen LogP contribution in [0.4, 0.5) is 14.3 Å². The van der Waals surface area contributed by atoms with Crippen molar-refractivity contribution < 1.29 is 28.7 Å². The number of imide groups is 1. The van der Waals surface area contributed by atoms with Gasteiger partial charge in [0, 0.05) is 5.38 Å². The molecule has 8 nitrogen and oxygen atoms in total. The molecule has 28 heavy (non-hydrogen) atoms. The van der Waals surface area contributed by atoms with Gasteiger partial charge in [-0.15, -0.1) is 11.3 Å². The lowest BCUT2D eigenvalue weighted by atomic mass is 10.2. The van der Waals surface area contributed by atoms with Crippen LogP contribution in [-0.4, -0.2) is 44.6 Å². The molecule has 1 fully saturated rings. The molecule has 2 N–H and O–H groups in total. The number of nitrogens with one attached hydrogen (secondary N) is 1. The first-order valence-electron chi connectivity index (χ1n) is 7.79. The predicted octanol–water partition coefficient (Wildman–Crippen LogP) is 2.58. The maximum atomic E-state index is 13.0. The van der Waals surface area contributed by atoms with E-state index < -0.39 is 35.4 Å². The van der Waals surface area contributed by atoms with Crippen molar-refractivity contribution in [3.63, 3.8) is 0 Å². The van der Waals surface area contributed by atoms with E-state index in [2.05, 4.69) is 10.3 Å². The number of anilines is 1. The van der Waals surface area contributed by atoms with Crippen LogP contribution in [0.1, 0.15) is 11.3 Å². The number of carbonyl (C=O) groups is 4. The Balaban J connectivity index is 1.63. The Hall–Kier alpha value is -3.05. The Kier molecular flexibility index (Phi) is 5.85. The third-order valence-corrected chi connectivity index (χ3v) is 5.19. The number of aliphatic carboxylic acids is 1. The van der Waals surface area contributed by atoms with Crippen molar-refractivity contribution in [2.45, 2.75) is 6.42 Å². The van der Waals surface area contributed by atoms with Gasteiger partial charge >= 0.3 is 5.97 Å². The van der Waals surface area contributed by atoms with Crippen molar-refractivity contribution in [1.82, 2.24) is 9.88 Å². The summed E-state index contributed by atoms with van der Waals surface area (Å²) in [5.74, 6) is -2.73. The molecule has 11 heteroatoms. The van der Waals surface area contributed by atoms with Gasteiger partial charge in [0.05, 0.1) is 17.0 Å². The molecule has 1 saturated heterocycles. The maximum Gasteiger partial charge on any atom is 0.309 e. The number of thiazole rings is 1. The van der Waals surface area contributed by atoms with E-state index >= 15 is 0 Å². The summed E-state index contributed by atoms with van der Waals surface area (Å²) in [5, 5.41) is 12.2. The minimum atomic E-state index is -1.05. The number of carboxylic acids is 1. The summed E-state index contributed by atoms with van der Waals surface area (Å²) in [6, 6.07) is 5.40. The summed E-state index contributed by atoms with van der Waals surface area (Å²) in [6.45, 7) is -0.501. The van der Waals surface area contributed by atoms with E-state index in [0.717, 1.165) is 16.2 Å². The number of hydrogen-bond donors (Lipinski definition) is 2. The second-order valence-electron chi connectivity index (χ2n) is 5.58. The number of nitrogens with zero attached hydrogens (tertiary/aromatic N) is 2. The standard InChI is InChI=1S/C17H12FN3O5S2/c18-10-3-1-9(2-4-10)5-12-15(25)21(17(26)28-12)7-13(22)20-16-19-11(8-27-16)6-14(23)24/h1-5,8H,6-7H2,(H,23,24)(H,19,20,22)/b12-5-. The van der Waals surface area contributed by atoms with Crippen LogP contribution in [0.3, 0.4) is 0 Å². The molecule has 144 valence electrons. The Morgan fingerprint density at radius 3 is 2.64 bits per heavy atom. The molecule has 1 aliphatic rings. The van der Waals surface area contributed by atoms with Gasteiger partial charge < -0.3 is 10.4 Å². The monoisotopic (exact) mass is 421 g/mol. The average molecular weight is 421 g/mol. The summed E-state index contributed by atoms with van der Waals surface area (Å²) in [4.78, 5) is 52.1. The highest BCUT2D eigenvalue weighted by Gasteiger charge is 2.36. The van der Waals surface area contributed by atoms with Crippen molar-refractivity contribution in [1.29, 1.82) is 0 Å². The first kappa shape index (κ1) is 19.7. The highest BCUT2D eigenvalue weighted by atomic mass is 32.2. The molecule has 1 aromatic heterocycles. The lowest BCUT2D eigenvalue weighted by Crippen LogP contribution is -2.36. The third-order valence-electron chi connectivity index (χ3n) is 3.47. The number of amides is 3. The van der Waals surface area contributed by atoms with E-state index in [-0.39, 0.29) is 16.5 Å². The topological polar surface area (TPSA) is 117 Å². The van der Waals surface area contributed by atoms with Gasteiger partial charge in [0.15, 0.2) is 5.13 Å². The van der Waals surface area contributed by atoms with E-state index in [0.29, 0.717) is 23.0 Å². The van der Waals surface area contributed by atoms with Gasteiger partial charge in [0.2, 0.25) is 5.91 Å². The van der Waals surface area contributed by atoms with Gasteiger partial charge in [0.1, 0.15) is 12.4 Å². The Morgan fingerprint density at radius 2 is 1.96 bits per heavy atom. The molecule has 0 radical (unpaired) electrons. The SMILES string of the molecule is O=C(O)Cc1csc(NC(=O)CN2C(=O)S/C(=C\c3ccc(F)cc3)C2=O)n1. The fourth-order valence-corrected chi connectivity index (χ4v) is 3.81. The van der Waals surface area contributed by atoms with E-state index in [1.807, 2.05) is 0 Å². The average Bonchev–Trinajstić information content (AvgIpc) is 3.15. The largest absolute Gasteiger partial charge is 0.481 e. The van der Waals surface area contributed by atoms with Gasteiger partial charge in [-0.25, -0.2) is 9.37 Å². The first-order chi connectivity index (χ1) is 13.3. The number of benzene rings is 1. The third kappa shape index (κ3) is 4.81. The van der Waals surface area contributed by atoms with Gasteiger partial charge in [0.25, 0.3) is 11.1 Å².